The van der Waals surface area contributed by atoms with E-state index in [4.69, 9.17) is 0 Å². The van der Waals surface area contributed by atoms with Crippen molar-refractivity contribution < 1.29 is 25.5 Å². The number of nitrogens with one attached hydrogen (secondary N) is 1. The lowest BCUT2D eigenvalue weighted by Crippen LogP contribution is -2.65. The standard InChI is InChI=1S/C12H25NO5/c1-2-3-4-5-13-8-7(6-14)9(15)11(17)12(18)10(8)16/h7-18H,2-6H2,1H3/t7-,8+,9+,10-,11-,12+/m0/s1. The molecule has 1 fully saturated rings. The van der Waals surface area contributed by atoms with Gasteiger partial charge >= 0.3 is 0 Å². The zero-order chi connectivity index (χ0) is 13.7. The summed E-state index contributed by atoms with van der Waals surface area (Å²) in [6.07, 6.45) is -2.21. The van der Waals surface area contributed by atoms with Gasteiger partial charge in [-0.3, -0.25) is 0 Å². The predicted octanol–water partition coefficient (Wildman–Crippen LogP) is -1.80. The second kappa shape index (κ2) is 7.37. The summed E-state index contributed by atoms with van der Waals surface area (Å²) >= 11 is 0. The molecule has 0 saturated heterocycles. The van der Waals surface area contributed by atoms with Crippen LogP contribution in [0.1, 0.15) is 26.2 Å². The fourth-order valence-corrected chi connectivity index (χ4v) is 2.47. The third kappa shape index (κ3) is 3.40. The van der Waals surface area contributed by atoms with Crippen LogP contribution in [-0.4, -0.2) is 69.1 Å². The minimum absolute atomic E-state index is 0.354. The van der Waals surface area contributed by atoms with Gasteiger partial charge in [-0.2, -0.15) is 0 Å². The highest BCUT2D eigenvalue weighted by Gasteiger charge is 2.48. The van der Waals surface area contributed by atoms with Gasteiger partial charge < -0.3 is 30.8 Å². The molecule has 1 aliphatic carbocycles. The molecule has 0 amide bonds. The first-order valence-electron chi connectivity index (χ1n) is 6.61. The van der Waals surface area contributed by atoms with Crippen LogP contribution < -0.4 is 5.32 Å². The summed E-state index contributed by atoms with van der Waals surface area (Å²) < 4.78 is 0. The van der Waals surface area contributed by atoms with Gasteiger partial charge in [0, 0.05) is 12.0 Å². The number of unbranched alkanes of at least 4 members (excludes halogenated alkanes) is 2. The quantitative estimate of drug-likeness (QED) is 0.315. The Balaban J connectivity index is 2.60. The molecule has 0 unspecified atom stereocenters. The molecule has 6 atom stereocenters. The van der Waals surface area contributed by atoms with Crippen molar-refractivity contribution in [2.24, 2.45) is 5.92 Å². The first kappa shape index (κ1) is 15.8. The van der Waals surface area contributed by atoms with Crippen LogP contribution in [0.4, 0.5) is 0 Å². The average molecular weight is 263 g/mol. The molecule has 1 aliphatic rings. The topological polar surface area (TPSA) is 113 Å². The van der Waals surface area contributed by atoms with Gasteiger partial charge in [0.2, 0.25) is 0 Å². The summed E-state index contributed by atoms with van der Waals surface area (Å²) in [4.78, 5) is 0. The SMILES string of the molecule is CCCCCN[C@H]1[C@H](O)[C@@H](O)[C@@H](O)[C@H](O)[C@H]1CO. The Morgan fingerprint density at radius 1 is 0.889 bits per heavy atom. The Hall–Kier alpha value is -0.240. The molecule has 0 aromatic heterocycles. The minimum atomic E-state index is -1.43. The van der Waals surface area contributed by atoms with Crippen molar-refractivity contribution in [1.29, 1.82) is 0 Å². The fourth-order valence-electron chi connectivity index (χ4n) is 2.47. The smallest absolute Gasteiger partial charge is 0.110 e. The van der Waals surface area contributed by atoms with E-state index in [1.165, 1.54) is 0 Å². The molecule has 1 saturated carbocycles. The van der Waals surface area contributed by atoms with Crippen LogP contribution in [0.3, 0.4) is 0 Å². The van der Waals surface area contributed by atoms with E-state index < -0.39 is 36.4 Å². The summed E-state index contributed by atoms with van der Waals surface area (Å²) in [6.45, 7) is 2.37. The Morgan fingerprint density at radius 3 is 2.06 bits per heavy atom. The molecule has 0 spiro atoms. The van der Waals surface area contributed by atoms with Gasteiger partial charge in [0.15, 0.2) is 0 Å². The lowest BCUT2D eigenvalue weighted by Gasteiger charge is -2.44. The van der Waals surface area contributed by atoms with Crippen LogP contribution in [-0.2, 0) is 0 Å². The molecule has 6 heteroatoms. The second-order valence-corrected chi connectivity index (χ2v) is 5.00. The van der Waals surface area contributed by atoms with Crippen LogP contribution in [0.25, 0.3) is 0 Å². The molecule has 108 valence electrons. The van der Waals surface area contributed by atoms with Crippen molar-refractivity contribution in [3.05, 3.63) is 0 Å². The average Bonchev–Trinajstić information content (AvgIpc) is 2.38. The van der Waals surface area contributed by atoms with Gasteiger partial charge in [0.1, 0.15) is 12.2 Å². The van der Waals surface area contributed by atoms with Crippen LogP contribution in [0, 0.1) is 5.92 Å². The zero-order valence-electron chi connectivity index (χ0n) is 10.7. The van der Waals surface area contributed by atoms with Crippen LogP contribution in [0.5, 0.6) is 0 Å². The molecule has 0 radical (unpaired) electrons. The molecule has 6 N–H and O–H groups in total. The first-order chi connectivity index (χ1) is 8.54. The maximum Gasteiger partial charge on any atom is 0.110 e. The molecular formula is C12H25NO5. The summed E-state index contributed by atoms with van der Waals surface area (Å²) in [5, 5.41) is 51.1. The van der Waals surface area contributed by atoms with Gasteiger partial charge in [0.25, 0.3) is 0 Å². The van der Waals surface area contributed by atoms with E-state index in [1.54, 1.807) is 0 Å². The van der Waals surface area contributed by atoms with E-state index in [2.05, 4.69) is 12.2 Å². The highest BCUT2D eigenvalue weighted by Crippen LogP contribution is 2.26. The summed E-state index contributed by atoms with van der Waals surface area (Å²) in [5.41, 5.74) is 0. The molecule has 0 aromatic rings. The van der Waals surface area contributed by atoms with Crippen molar-refractivity contribution in [2.75, 3.05) is 13.2 Å². The molecule has 0 aromatic carbocycles. The zero-order valence-corrected chi connectivity index (χ0v) is 10.7. The number of aliphatic hydroxyl groups is 5. The molecule has 0 bridgehead atoms. The lowest BCUT2D eigenvalue weighted by molar-refractivity contribution is -0.176. The van der Waals surface area contributed by atoms with Gasteiger partial charge in [-0.15, -0.1) is 0 Å². The van der Waals surface area contributed by atoms with Gasteiger partial charge in [-0.05, 0) is 13.0 Å². The molecule has 1 rings (SSSR count). The van der Waals surface area contributed by atoms with Gasteiger partial charge in [-0.25, -0.2) is 0 Å². The monoisotopic (exact) mass is 263 g/mol. The van der Waals surface area contributed by atoms with Crippen molar-refractivity contribution in [3.8, 4) is 0 Å². The van der Waals surface area contributed by atoms with Crippen LogP contribution in [0.15, 0.2) is 0 Å². The Kier molecular flexibility index (Phi) is 6.48. The third-order valence-corrected chi connectivity index (χ3v) is 3.69. The molecule has 6 nitrogen and oxygen atoms in total. The molecule has 0 heterocycles. The Morgan fingerprint density at radius 2 is 1.50 bits per heavy atom. The largest absolute Gasteiger partial charge is 0.396 e. The van der Waals surface area contributed by atoms with E-state index in [0.29, 0.717) is 6.54 Å². The summed E-state index contributed by atoms with van der Waals surface area (Å²) in [5.74, 6) is -0.681. The number of hydrogen-bond donors (Lipinski definition) is 6. The first-order valence-corrected chi connectivity index (χ1v) is 6.61. The minimum Gasteiger partial charge on any atom is -0.396 e. The van der Waals surface area contributed by atoms with Crippen LogP contribution in [0.2, 0.25) is 0 Å². The molecule has 18 heavy (non-hydrogen) atoms. The van der Waals surface area contributed by atoms with Crippen molar-refractivity contribution in [3.63, 3.8) is 0 Å². The number of hydrogen-bond acceptors (Lipinski definition) is 6. The Bertz CT molecular complexity index is 241. The Labute approximate surface area is 107 Å². The maximum absolute atomic E-state index is 9.89. The van der Waals surface area contributed by atoms with E-state index in [0.717, 1.165) is 19.3 Å². The van der Waals surface area contributed by atoms with Gasteiger partial charge in [0.05, 0.1) is 18.8 Å². The summed E-state index contributed by atoms with van der Waals surface area (Å²) in [7, 11) is 0. The van der Waals surface area contributed by atoms with E-state index in [1.807, 2.05) is 0 Å². The van der Waals surface area contributed by atoms with Crippen molar-refractivity contribution >= 4 is 0 Å². The van der Waals surface area contributed by atoms with E-state index in [-0.39, 0.29) is 6.61 Å². The summed E-state index contributed by atoms with van der Waals surface area (Å²) in [6, 6.07) is -0.611. The highest BCUT2D eigenvalue weighted by molar-refractivity contribution is 5.01. The number of aliphatic hydroxyl groups excluding tert-OH is 5. The second-order valence-electron chi connectivity index (χ2n) is 5.00. The third-order valence-electron chi connectivity index (χ3n) is 3.69. The molecule has 0 aliphatic heterocycles. The van der Waals surface area contributed by atoms with Crippen molar-refractivity contribution in [2.45, 2.75) is 56.6 Å². The number of rotatable bonds is 6. The van der Waals surface area contributed by atoms with E-state index in [9.17, 15) is 25.5 Å². The van der Waals surface area contributed by atoms with Gasteiger partial charge in [-0.1, -0.05) is 19.8 Å². The van der Waals surface area contributed by atoms with Crippen LogP contribution >= 0.6 is 0 Å². The molecular weight excluding hydrogens is 238 g/mol. The predicted molar refractivity (Wildman–Crippen MR) is 65.9 cm³/mol. The fraction of sp³-hybridized carbons (Fsp3) is 1.00. The normalized spacial score (nSPS) is 41.0. The van der Waals surface area contributed by atoms with E-state index >= 15 is 0 Å². The van der Waals surface area contributed by atoms with Crippen molar-refractivity contribution in [1.82, 2.24) is 5.32 Å². The lowest BCUT2D eigenvalue weighted by atomic mass is 9.77. The maximum atomic E-state index is 9.89. The highest BCUT2D eigenvalue weighted by atomic mass is 16.4.